The monoisotopic (exact) mass is 240 g/mol. The minimum absolute atomic E-state index is 0.329. The fourth-order valence-electron chi connectivity index (χ4n) is 1.81. The van der Waals surface area contributed by atoms with Crippen molar-refractivity contribution >= 4 is 11.9 Å². The normalized spacial score (nSPS) is 17.0. The van der Waals surface area contributed by atoms with Gasteiger partial charge >= 0.3 is 11.9 Å². The molecule has 0 bridgehead atoms. The summed E-state index contributed by atoms with van der Waals surface area (Å²) in [6, 6.07) is 0. The summed E-state index contributed by atoms with van der Waals surface area (Å²) in [4.78, 5) is 20.6. The number of hydrogen-bond donors (Lipinski definition) is 1. The van der Waals surface area contributed by atoms with Gasteiger partial charge in [0.1, 0.15) is 0 Å². The fraction of sp³-hybridized carbons (Fsp3) is 0.538. The van der Waals surface area contributed by atoms with Gasteiger partial charge in [0.25, 0.3) is 0 Å². The maximum atomic E-state index is 10.8. The van der Waals surface area contributed by atoms with E-state index >= 15 is 0 Å². The Kier molecular flexibility index (Phi) is 6.94. The Morgan fingerprint density at radius 3 is 1.94 bits per heavy atom. The van der Waals surface area contributed by atoms with Crippen molar-refractivity contribution < 1.29 is 19.4 Å². The van der Waals surface area contributed by atoms with Crippen LogP contribution in [0.25, 0.3) is 0 Å². The summed E-state index contributed by atoms with van der Waals surface area (Å²) in [5.74, 6) is -1.03. The van der Waals surface area contributed by atoms with Crippen molar-refractivity contribution in [3.05, 3.63) is 25.5 Å². The zero-order valence-electron chi connectivity index (χ0n) is 10.3. The van der Waals surface area contributed by atoms with Gasteiger partial charge in [-0.1, -0.05) is 31.9 Å². The lowest BCUT2D eigenvalue weighted by atomic mass is 9.74. The molecule has 96 valence electrons. The number of carboxylic acid groups (broad SMARTS) is 1. The summed E-state index contributed by atoms with van der Waals surface area (Å²) in [6.07, 6.45) is 7.47. The van der Waals surface area contributed by atoms with Gasteiger partial charge in [-0.3, -0.25) is 9.59 Å². The van der Waals surface area contributed by atoms with E-state index in [0.29, 0.717) is 0 Å². The Hall–Kier alpha value is -1.58. The molecular formula is C13H20O4. The predicted octanol–water partition coefficient (Wildman–Crippen LogP) is 2.90. The van der Waals surface area contributed by atoms with E-state index in [-0.39, 0.29) is 5.97 Å². The third-order valence-electron chi connectivity index (χ3n) is 2.81. The van der Waals surface area contributed by atoms with Crippen LogP contribution < -0.4 is 0 Å². The van der Waals surface area contributed by atoms with E-state index in [1.807, 2.05) is 0 Å². The number of carbonyl (C=O) groups is 2. The van der Waals surface area contributed by atoms with Crippen LogP contribution in [0, 0.1) is 5.41 Å². The van der Waals surface area contributed by atoms with Gasteiger partial charge in [-0.05, 0) is 12.8 Å². The molecular weight excluding hydrogens is 220 g/mol. The first-order valence-electron chi connectivity index (χ1n) is 5.63. The van der Waals surface area contributed by atoms with E-state index < -0.39 is 11.4 Å². The van der Waals surface area contributed by atoms with Gasteiger partial charge in [-0.2, -0.15) is 0 Å². The molecule has 1 N–H and O–H groups in total. The lowest BCUT2D eigenvalue weighted by Crippen LogP contribution is -2.30. The first-order valence-corrected chi connectivity index (χ1v) is 5.63. The number of hydrogen-bond acceptors (Lipinski definition) is 3. The topological polar surface area (TPSA) is 63.6 Å². The van der Waals surface area contributed by atoms with Crippen LogP contribution in [0.15, 0.2) is 25.5 Å². The average Bonchev–Trinajstić information content (AvgIpc) is 2.30. The van der Waals surface area contributed by atoms with Crippen molar-refractivity contribution in [3.63, 3.8) is 0 Å². The molecule has 17 heavy (non-hydrogen) atoms. The van der Waals surface area contributed by atoms with Crippen LogP contribution in [0.5, 0.6) is 0 Å². The lowest BCUT2D eigenvalue weighted by Gasteiger charge is -2.29. The molecule has 1 fully saturated rings. The summed E-state index contributed by atoms with van der Waals surface area (Å²) in [5, 5.41) is 8.92. The summed E-state index contributed by atoms with van der Waals surface area (Å²) in [5.41, 5.74) is -0.599. The third kappa shape index (κ3) is 5.33. The van der Waals surface area contributed by atoms with Crippen LogP contribution in [0.4, 0.5) is 0 Å². The molecule has 1 aliphatic rings. The Balaban J connectivity index is 0.000000366. The highest BCUT2D eigenvalue weighted by Crippen LogP contribution is 2.37. The van der Waals surface area contributed by atoms with Crippen LogP contribution in [0.2, 0.25) is 0 Å². The Bertz CT molecular complexity index is 288. The molecule has 1 saturated carbocycles. The largest absolute Gasteiger partial charge is 0.481 e. The maximum absolute atomic E-state index is 10.8. The molecule has 0 unspecified atom stereocenters. The van der Waals surface area contributed by atoms with Gasteiger partial charge < -0.3 is 9.84 Å². The summed E-state index contributed by atoms with van der Waals surface area (Å²) >= 11 is 0. The highest BCUT2D eigenvalue weighted by atomic mass is 16.5. The highest BCUT2D eigenvalue weighted by Gasteiger charge is 2.36. The van der Waals surface area contributed by atoms with Crippen molar-refractivity contribution in [1.29, 1.82) is 0 Å². The van der Waals surface area contributed by atoms with Crippen LogP contribution in [-0.4, -0.2) is 17.0 Å². The van der Waals surface area contributed by atoms with Gasteiger partial charge in [-0.25, -0.2) is 0 Å². The molecule has 0 aromatic rings. The molecule has 0 spiro atoms. The minimum atomic E-state index is -0.702. The minimum Gasteiger partial charge on any atom is -0.481 e. The second-order valence-electron chi connectivity index (χ2n) is 4.00. The molecule has 1 aliphatic carbocycles. The van der Waals surface area contributed by atoms with E-state index in [0.717, 1.165) is 31.9 Å². The number of aliphatic carboxylic acids is 1. The van der Waals surface area contributed by atoms with Gasteiger partial charge in [0, 0.05) is 6.92 Å². The Labute approximate surface area is 102 Å². The zero-order chi connectivity index (χ0) is 13.3. The fourth-order valence-corrected chi connectivity index (χ4v) is 1.81. The number of ether oxygens (including phenoxy) is 1. The second-order valence-corrected chi connectivity index (χ2v) is 4.00. The van der Waals surface area contributed by atoms with Crippen molar-refractivity contribution in [2.45, 2.75) is 39.0 Å². The quantitative estimate of drug-likeness (QED) is 0.468. The van der Waals surface area contributed by atoms with Crippen molar-refractivity contribution in [2.75, 3.05) is 0 Å². The summed E-state index contributed by atoms with van der Waals surface area (Å²) < 4.78 is 4.17. The first-order chi connectivity index (χ1) is 7.98. The molecule has 0 aromatic carbocycles. The Morgan fingerprint density at radius 2 is 1.76 bits per heavy atom. The lowest BCUT2D eigenvalue weighted by molar-refractivity contribution is -0.147. The van der Waals surface area contributed by atoms with E-state index in [4.69, 9.17) is 5.11 Å². The van der Waals surface area contributed by atoms with E-state index in [2.05, 4.69) is 17.9 Å². The van der Waals surface area contributed by atoms with Crippen LogP contribution >= 0.6 is 0 Å². The molecule has 0 atom stereocenters. The van der Waals surface area contributed by atoms with E-state index in [1.165, 1.54) is 13.3 Å². The van der Waals surface area contributed by atoms with Crippen LogP contribution in [0.3, 0.4) is 0 Å². The maximum Gasteiger partial charge on any atom is 0.313 e. The number of esters is 1. The zero-order valence-corrected chi connectivity index (χ0v) is 10.3. The standard InChI is InChI=1S/C9H14O2.C4H6O2/c1-2-9(8(10)11)6-4-3-5-7-9;1-3-6-4(2)5/h2H,1,3-7H2,(H,10,11);3H,1H2,2H3. The smallest absolute Gasteiger partial charge is 0.313 e. The third-order valence-corrected chi connectivity index (χ3v) is 2.81. The predicted molar refractivity (Wildman–Crippen MR) is 65.3 cm³/mol. The summed E-state index contributed by atoms with van der Waals surface area (Å²) in [7, 11) is 0. The molecule has 4 nitrogen and oxygen atoms in total. The molecule has 0 heterocycles. The number of carboxylic acids is 1. The van der Waals surface area contributed by atoms with Crippen molar-refractivity contribution in [1.82, 2.24) is 0 Å². The van der Waals surface area contributed by atoms with Crippen molar-refractivity contribution in [3.8, 4) is 0 Å². The van der Waals surface area contributed by atoms with E-state index in [1.54, 1.807) is 6.08 Å². The molecule has 0 saturated heterocycles. The molecule has 0 radical (unpaired) electrons. The van der Waals surface area contributed by atoms with Crippen LogP contribution in [0.1, 0.15) is 39.0 Å². The Morgan fingerprint density at radius 1 is 1.24 bits per heavy atom. The second kappa shape index (κ2) is 7.65. The van der Waals surface area contributed by atoms with Gasteiger partial charge in [0.15, 0.2) is 0 Å². The van der Waals surface area contributed by atoms with Gasteiger partial charge in [-0.15, -0.1) is 6.58 Å². The molecule has 0 aromatic heterocycles. The summed E-state index contributed by atoms with van der Waals surface area (Å²) in [6.45, 7) is 8.08. The van der Waals surface area contributed by atoms with Crippen LogP contribution in [-0.2, 0) is 14.3 Å². The molecule has 1 rings (SSSR count). The van der Waals surface area contributed by atoms with Crippen molar-refractivity contribution in [2.24, 2.45) is 5.41 Å². The number of rotatable bonds is 3. The molecule has 4 heteroatoms. The average molecular weight is 240 g/mol. The highest BCUT2D eigenvalue weighted by molar-refractivity contribution is 5.77. The SMILES string of the molecule is C=CC1(C(=O)O)CCCCC1.C=COC(C)=O. The number of carbonyl (C=O) groups excluding carboxylic acids is 1. The first kappa shape index (κ1) is 15.4. The van der Waals surface area contributed by atoms with E-state index in [9.17, 15) is 9.59 Å². The molecule has 0 amide bonds. The molecule has 0 aliphatic heterocycles. The van der Waals surface area contributed by atoms with Gasteiger partial charge in [0.2, 0.25) is 0 Å². The van der Waals surface area contributed by atoms with Gasteiger partial charge in [0.05, 0.1) is 11.7 Å².